The van der Waals surface area contributed by atoms with E-state index in [-0.39, 0.29) is 0 Å². The number of aliphatic imine (C=N–C) groups is 1. The number of hydrogen-bond donors (Lipinski definition) is 0. The molecule has 1 heterocycles. The molecular formula is C15H19NO3. The molecule has 4 heteroatoms. The van der Waals surface area contributed by atoms with E-state index in [1.165, 1.54) is 0 Å². The number of hydrogen-bond acceptors (Lipinski definition) is 4. The van der Waals surface area contributed by atoms with Gasteiger partial charge in [-0.2, -0.15) is 0 Å². The molecule has 2 rings (SSSR count). The zero-order valence-electron chi connectivity index (χ0n) is 11.7. The topological polar surface area (TPSA) is 40.0 Å². The first-order valence-corrected chi connectivity index (χ1v) is 6.25. The van der Waals surface area contributed by atoms with Crippen molar-refractivity contribution >= 4 is 5.71 Å². The molecule has 0 aromatic heterocycles. The monoisotopic (exact) mass is 261 g/mol. The molecule has 0 saturated heterocycles. The minimum absolute atomic E-state index is 0.425. The zero-order valence-corrected chi connectivity index (χ0v) is 11.7. The molecule has 0 N–H and O–H groups in total. The summed E-state index contributed by atoms with van der Waals surface area (Å²) in [5.41, 5.74) is 3.21. The second kappa shape index (κ2) is 5.78. The van der Waals surface area contributed by atoms with Crippen LogP contribution in [0.5, 0.6) is 17.2 Å². The van der Waals surface area contributed by atoms with E-state index in [1.54, 1.807) is 20.3 Å². The fourth-order valence-corrected chi connectivity index (χ4v) is 2.31. The van der Waals surface area contributed by atoms with Crippen LogP contribution in [0.4, 0.5) is 0 Å². The lowest BCUT2D eigenvalue weighted by atomic mass is 9.96. The van der Waals surface area contributed by atoms with Gasteiger partial charge >= 0.3 is 0 Å². The summed E-state index contributed by atoms with van der Waals surface area (Å²) in [6, 6.07) is 1.97. The molecule has 0 radical (unpaired) electrons. The highest BCUT2D eigenvalue weighted by atomic mass is 16.5. The van der Waals surface area contributed by atoms with Crippen LogP contribution in [0.2, 0.25) is 0 Å². The van der Waals surface area contributed by atoms with Gasteiger partial charge in [-0.05, 0) is 19.4 Å². The average Bonchev–Trinajstić information content (AvgIpc) is 2.44. The fraction of sp³-hybridized carbons (Fsp3) is 0.400. The van der Waals surface area contributed by atoms with E-state index in [0.29, 0.717) is 18.1 Å². The maximum Gasteiger partial charge on any atom is 0.203 e. The van der Waals surface area contributed by atoms with E-state index >= 15 is 0 Å². The van der Waals surface area contributed by atoms with Crippen molar-refractivity contribution in [2.45, 2.75) is 13.3 Å². The van der Waals surface area contributed by atoms with Crippen molar-refractivity contribution in [1.82, 2.24) is 0 Å². The Morgan fingerprint density at radius 2 is 2.05 bits per heavy atom. The van der Waals surface area contributed by atoms with Gasteiger partial charge in [0.2, 0.25) is 5.75 Å². The molecular weight excluding hydrogens is 242 g/mol. The van der Waals surface area contributed by atoms with E-state index in [1.807, 2.05) is 13.0 Å². The SMILES string of the molecule is C=CCOc1cc2c(c(OC)c1OC)CCN=C2C. The molecule has 0 bridgehead atoms. The quantitative estimate of drug-likeness (QED) is 0.765. The Morgan fingerprint density at radius 3 is 2.68 bits per heavy atom. The van der Waals surface area contributed by atoms with Crippen molar-refractivity contribution < 1.29 is 14.2 Å². The molecule has 0 unspecified atom stereocenters. The predicted molar refractivity (Wildman–Crippen MR) is 76.0 cm³/mol. The summed E-state index contributed by atoms with van der Waals surface area (Å²) in [5.74, 6) is 2.04. The van der Waals surface area contributed by atoms with Gasteiger partial charge in [0, 0.05) is 23.4 Å². The van der Waals surface area contributed by atoms with E-state index in [4.69, 9.17) is 14.2 Å². The third-order valence-electron chi connectivity index (χ3n) is 3.17. The van der Waals surface area contributed by atoms with Crippen molar-refractivity contribution in [2.75, 3.05) is 27.4 Å². The van der Waals surface area contributed by atoms with Crippen molar-refractivity contribution in [3.63, 3.8) is 0 Å². The standard InChI is InChI=1S/C15H19NO3/c1-5-8-19-13-9-12-10(2)16-7-6-11(12)14(17-3)15(13)18-4/h5,9H,1,6-8H2,2-4H3. The van der Waals surface area contributed by atoms with Crippen LogP contribution in [-0.4, -0.2) is 33.1 Å². The van der Waals surface area contributed by atoms with E-state index in [9.17, 15) is 0 Å². The fourth-order valence-electron chi connectivity index (χ4n) is 2.31. The number of benzene rings is 1. The van der Waals surface area contributed by atoms with Gasteiger partial charge in [0.05, 0.1) is 14.2 Å². The highest BCUT2D eigenvalue weighted by Gasteiger charge is 2.23. The average molecular weight is 261 g/mol. The molecule has 0 amide bonds. The minimum atomic E-state index is 0.425. The molecule has 4 nitrogen and oxygen atoms in total. The Kier molecular flexibility index (Phi) is 4.10. The van der Waals surface area contributed by atoms with Gasteiger partial charge in [0.15, 0.2) is 11.5 Å². The lowest BCUT2D eigenvalue weighted by molar-refractivity contribution is 0.306. The van der Waals surface area contributed by atoms with Crippen molar-refractivity contribution in [3.05, 3.63) is 29.8 Å². The summed E-state index contributed by atoms with van der Waals surface area (Å²) in [4.78, 5) is 4.47. The predicted octanol–water partition coefficient (Wildman–Crippen LogP) is 2.63. The maximum atomic E-state index is 5.66. The first kappa shape index (κ1) is 13.5. The number of methoxy groups -OCH3 is 2. The van der Waals surface area contributed by atoms with Crippen molar-refractivity contribution in [2.24, 2.45) is 4.99 Å². The van der Waals surface area contributed by atoms with Crippen molar-refractivity contribution in [1.29, 1.82) is 0 Å². The number of ether oxygens (including phenoxy) is 3. The van der Waals surface area contributed by atoms with E-state index < -0.39 is 0 Å². The van der Waals surface area contributed by atoms with E-state index in [0.717, 1.165) is 35.6 Å². The van der Waals surface area contributed by atoms with Gasteiger partial charge in [-0.3, -0.25) is 4.99 Å². The molecule has 0 aliphatic carbocycles. The van der Waals surface area contributed by atoms with Gasteiger partial charge in [-0.25, -0.2) is 0 Å². The van der Waals surface area contributed by atoms with Crippen LogP contribution in [0.15, 0.2) is 23.7 Å². The Balaban J connectivity index is 2.59. The zero-order chi connectivity index (χ0) is 13.8. The molecule has 19 heavy (non-hydrogen) atoms. The molecule has 1 aliphatic heterocycles. The molecule has 102 valence electrons. The molecule has 0 atom stereocenters. The minimum Gasteiger partial charge on any atom is -0.492 e. The summed E-state index contributed by atoms with van der Waals surface area (Å²) >= 11 is 0. The molecule has 0 fully saturated rings. The third kappa shape index (κ3) is 2.43. The first-order valence-electron chi connectivity index (χ1n) is 6.25. The number of nitrogens with zero attached hydrogens (tertiary/aromatic N) is 1. The summed E-state index contributed by atoms with van der Waals surface area (Å²) in [6.07, 6.45) is 2.56. The summed E-state index contributed by atoms with van der Waals surface area (Å²) in [5, 5.41) is 0. The van der Waals surface area contributed by atoms with Gasteiger partial charge in [-0.15, -0.1) is 0 Å². The molecule has 0 saturated carbocycles. The van der Waals surface area contributed by atoms with Crippen LogP contribution in [0.25, 0.3) is 0 Å². The van der Waals surface area contributed by atoms with Crippen LogP contribution >= 0.6 is 0 Å². The van der Waals surface area contributed by atoms with Gasteiger partial charge in [0.1, 0.15) is 6.61 Å². The molecule has 1 aliphatic rings. The van der Waals surface area contributed by atoms with Crippen LogP contribution in [0.3, 0.4) is 0 Å². The van der Waals surface area contributed by atoms with E-state index in [2.05, 4.69) is 11.6 Å². The molecule has 1 aromatic rings. The van der Waals surface area contributed by atoms with Gasteiger partial charge in [0.25, 0.3) is 0 Å². The Bertz CT molecular complexity index is 521. The van der Waals surface area contributed by atoms with Crippen LogP contribution < -0.4 is 14.2 Å². The third-order valence-corrected chi connectivity index (χ3v) is 3.17. The van der Waals surface area contributed by atoms with Crippen LogP contribution in [0, 0.1) is 0 Å². The smallest absolute Gasteiger partial charge is 0.203 e. The normalized spacial score (nSPS) is 13.3. The Hall–Kier alpha value is -1.97. The number of rotatable bonds is 5. The first-order chi connectivity index (χ1) is 9.22. The Morgan fingerprint density at radius 1 is 1.32 bits per heavy atom. The second-order valence-corrected chi connectivity index (χ2v) is 4.28. The number of fused-ring (bicyclic) bond motifs is 1. The van der Waals surface area contributed by atoms with Gasteiger partial charge in [-0.1, -0.05) is 12.7 Å². The lowest BCUT2D eigenvalue weighted by Gasteiger charge is -2.22. The highest BCUT2D eigenvalue weighted by Crippen LogP contribution is 2.43. The van der Waals surface area contributed by atoms with Crippen molar-refractivity contribution in [3.8, 4) is 17.2 Å². The second-order valence-electron chi connectivity index (χ2n) is 4.28. The maximum absolute atomic E-state index is 5.66. The summed E-state index contributed by atoms with van der Waals surface area (Å²) in [7, 11) is 3.27. The Labute approximate surface area is 113 Å². The molecule has 1 aromatic carbocycles. The van der Waals surface area contributed by atoms with Gasteiger partial charge < -0.3 is 14.2 Å². The lowest BCUT2D eigenvalue weighted by Crippen LogP contribution is -2.13. The largest absolute Gasteiger partial charge is 0.492 e. The van der Waals surface area contributed by atoms with Crippen LogP contribution in [-0.2, 0) is 6.42 Å². The highest BCUT2D eigenvalue weighted by molar-refractivity contribution is 6.02. The summed E-state index contributed by atoms with van der Waals surface area (Å²) < 4.78 is 16.6. The molecule has 0 spiro atoms. The van der Waals surface area contributed by atoms with Crippen LogP contribution in [0.1, 0.15) is 18.1 Å². The summed E-state index contributed by atoms with van der Waals surface area (Å²) in [6.45, 7) is 6.86.